The highest BCUT2D eigenvalue weighted by molar-refractivity contribution is 6.30. The molecule has 2 aliphatic rings. The molecule has 4 heterocycles. The van der Waals surface area contributed by atoms with Gasteiger partial charge in [0, 0.05) is 24.6 Å². The Morgan fingerprint density at radius 2 is 2.17 bits per heavy atom. The molecule has 0 amide bonds. The Morgan fingerprint density at radius 3 is 3.00 bits per heavy atom. The predicted molar refractivity (Wildman–Crippen MR) is 89.3 cm³/mol. The molecule has 2 aromatic rings. The Kier molecular flexibility index (Phi) is 4.20. The number of hydrogen-bond acceptors (Lipinski definition) is 6. The van der Waals surface area contributed by atoms with Crippen LogP contribution in [0.3, 0.4) is 0 Å². The summed E-state index contributed by atoms with van der Waals surface area (Å²) in [5.41, 5.74) is 1.79. The Labute approximate surface area is 144 Å². The molecule has 0 N–H and O–H groups in total. The molecule has 0 saturated carbocycles. The molecule has 2 aliphatic heterocycles. The van der Waals surface area contributed by atoms with Crippen LogP contribution < -0.4 is 10.5 Å². The fourth-order valence-electron chi connectivity index (χ4n) is 3.33. The van der Waals surface area contributed by atoms with E-state index in [0.717, 1.165) is 37.1 Å². The number of aromatic nitrogens is 4. The van der Waals surface area contributed by atoms with Crippen molar-refractivity contribution in [3.8, 4) is 0 Å². The van der Waals surface area contributed by atoms with Crippen molar-refractivity contribution < 1.29 is 4.74 Å². The second-order valence-corrected chi connectivity index (χ2v) is 6.57. The first-order valence-electron chi connectivity index (χ1n) is 8.12. The summed E-state index contributed by atoms with van der Waals surface area (Å²) >= 11 is 5.86. The number of fused-ring (bicyclic) bond motifs is 1. The van der Waals surface area contributed by atoms with E-state index in [9.17, 15) is 4.79 Å². The number of nitrogens with zero attached hydrogens (tertiary/aromatic N) is 5. The molecule has 126 valence electrons. The van der Waals surface area contributed by atoms with Gasteiger partial charge in [-0.1, -0.05) is 11.6 Å². The van der Waals surface area contributed by atoms with Gasteiger partial charge in [-0.15, -0.1) is 0 Å². The Balaban J connectivity index is 1.58. The molecule has 0 radical (unpaired) electrons. The first-order valence-corrected chi connectivity index (χ1v) is 8.50. The molecule has 1 saturated heterocycles. The molecular formula is C16H18ClN5O2. The number of halogens is 1. The Morgan fingerprint density at radius 1 is 1.33 bits per heavy atom. The van der Waals surface area contributed by atoms with Crippen molar-refractivity contribution in [2.75, 3.05) is 18.1 Å². The lowest BCUT2D eigenvalue weighted by atomic mass is 10.1. The van der Waals surface area contributed by atoms with Crippen LogP contribution in [-0.4, -0.2) is 38.9 Å². The van der Waals surface area contributed by atoms with Crippen LogP contribution >= 0.6 is 11.6 Å². The molecular weight excluding hydrogens is 330 g/mol. The van der Waals surface area contributed by atoms with Crippen LogP contribution in [0.15, 0.2) is 23.3 Å². The van der Waals surface area contributed by atoms with Crippen LogP contribution in [0.2, 0.25) is 5.02 Å². The summed E-state index contributed by atoms with van der Waals surface area (Å²) in [6.45, 7) is 2.55. The molecule has 1 atom stereocenters. The third kappa shape index (κ3) is 3.01. The number of ether oxygens (including phenoxy) is 1. The van der Waals surface area contributed by atoms with Gasteiger partial charge in [-0.2, -0.15) is 5.10 Å². The Bertz CT molecular complexity index is 792. The second kappa shape index (κ2) is 6.49. The summed E-state index contributed by atoms with van der Waals surface area (Å²) in [5, 5.41) is 5.07. The maximum atomic E-state index is 12.3. The first-order chi connectivity index (χ1) is 11.7. The summed E-state index contributed by atoms with van der Waals surface area (Å²) in [6.07, 6.45) is 5.99. The third-order valence-corrected chi connectivity index (χ3v) is 4.72. The van der Waals surface area contributed by atoms with Gasteiger partial charge in [-0.3, -0.25) is 4.79 Å². The van der Waals surface area contributed by atoms with E-state index in [1.165, 1.54) is 0 Å². The first kappa shape index (κ1) is 15.5. The van der Waals surface area contributed by atoms with Crippen molar-refractivity contribution in [3.05, 3.63) is 45.1 Å². The molecule has 0 aliphatic carbocycles. The summed E-state index contributed by atoms with van der Waals surface area (Å²) in [4.78, 5) is 23.1. The van der Waals surface area contributed by atoms with Gasteiger partial charge in [-0.25, -0.2) is 14.6 Å². The molecule has 0 spiro atoms. The van der Waals surface area contributed by atoms with Gasteiger partial charge >= 0.3 is 0 Å². The van der Waals surface area contributed by atoms with Gasteiger partial charge in [0.25, 0.3) is 5.56 Å². The monoisotopic (exact) mass is 347 g/mol. The minimum absolute atomic E-state index is 0.0804. The largest absolute Gasteiger partial charge is 0.376 e. The van der Waals surface area contributed by atoms with E-state index in [-0.39, 0.29) is 11.6 Å². The van der Waals surface area contributed by atoms with Gasteiger partial charge in [-0.05, 0) is 12.8 Å². The molecule has 4 rings (SSSR count). The van der Waals surface area contributed by atoms with Crippen molar-refractivity contribution in [2.24, 2.45) is 0 Å². The molecule has 8 heteroatoms. The van der Waals surface area contributed by atoms with Crippen LogP contribution in [0, 0.1) is 0 Å². The lowest BCUT2D eigenvalue weighted by molar-refractivity contribution is 0.108. The number of rotatable bonds is 3. The standard InChI is InChI=1S/C16H18ClN5O2/c17-12-7-18-16(19-8-12)21-4-1-2-13(21)9-22-15(23)6-11-10-24-5-3-14(11)20-22/h6-8,13H,1-5,9-10H2. The second-order valence-electron chi connectivity index (χ2n) is 6.13. The molecule has 0 aromatic carbocycles. The maximum Gasteiger partial charge on any atom is 0.267 e. The predicted octanol–water partition coefficient (Wildman–Crippen LogP) is 1.43. The van der Waals surface area contributed by atoms with E-state index >= 15 is 0 Å². The SMILES string of the molecule is O=c1cc2c(nn1CC1CCCN1c1ncc(Cl)cn1)CCOC2. The van der Waals surface area contributed by atoms with E-state index in [4.69, 9.17) is 16.3 Å². The van der Waals surface area contributed by atoms with E-state index in [2.05, 4.69) is 20.0 Å². The molecule has 0 bridgehead atoms. The zero-order valence-corrected chi connectivity index (χ0v) is 13.9. The van der Waals surface area contributed by atoms with Crippen LogP contribution in [0.4, 0.5) is 5.95 Å². The molecule has 7 nitrogen and oxygen atoms in total. The average Bonchev–Trinajstić information content (AvgIpc) is 3.04. The van der Waals surface area contributed by atoms with Gasteiger partial charge in [0.2, 0.25) is 5.95 Å². The van der Waals surface area contributed by atoms with Gasteiger partial charge in [0.1, 0.15) is 0 Å². The smallest absolute Gasteiger partial charge is 0.267 e. The topological polar surface area (TPSA) is 73.1 Å². The van der Waals surface area contributed by atoms with Gasteiger partial charge < -0.3 is 9.64 Å². The summed E-state index contributed by atoms with van der Waals surface area (Å²) in [5.74, 6) is 0.654. The van der Waals surface area contributed by atoms with Crippen LogP contribution in [0.25, 0.3) is 0 Å². The molecule has 24 heavy (non-hydrogen) atoms. The van der Waals surface area contributed by atoms with Crippen molar-refractivity contribution in [3.63, 3.8) is 0 Å². The number of hydrogen-bond donors (Lipinski definition) is 0. The summed E-state index contributed by atoms with van der Waals surface area (Å²) in [7, 11) is 0. The van der Waals surface area contributed by atoms with E-state index < -0.39 is 0 Å². The van der Waals surface area contributed by atoms with Crippen LogP contribution in [0.1, 0.15) is 24.1 Å². The highest BCUT2D eigenvalue weighted by Gasteiger charge is 2.28. The average molecular weight is 348 g/mol. The van der Waals surface area contributed by atoms with Crippen LogP contribution in [-0.2, 0) is 24.3 Å². The lowest BCUT2D eigenvalue weighted by Gasteiger charge is -2.25. The highest BCUT2D eigenvalue weighted by atomic mass is 35.5. The minimum atomic E-state index is -0.0804. The minimum Gasteiger partial charge on any atom is -0.376 e. The zero-order chi connectivity index (χ0) is 16.5. The van der Waals surface area contributed by atoms with Crippen molar-refractivity contribution in [1.29, 1.82) is 0 Å². The van der Waals surface area contributed by atoms with Crippen molar-refractivity contribution in [2.45, 2.75) is 38.5 Å². The Hall–Kier alpha value is -1.99. The zero-order valence-electron chi connectivity index (χ0n) is 13.2. The fourth-order valence-corrected chi connectivity index (χ4v) is 3.42. The van der Waals surface area contributed by atoms with Gasteiger partial charge in [0.15, 0.2) is 0 Å². The molecule has 1 fully saturated rings. The summed E-state index contributed by atoms with van der Waals surface area (Å²) in [6, 6.07) is 1.81. The fraction of sp³-hybridized carbons (Fsp3) is 0.500. The highest BCUT2D eigenvalue weighted by Crippen LogP contribution is 2.23. The van der Waals surface area contributed by atoms with Crippen molar-refractivity contribution >= 4 is 17.5 Å². The van der Waals surface area contributed by atoms with E-state index in [0.29, 0.717) is 30.7 Å². The van der Waals surface area contributed by atoms with Crippen LogP contribution in [0.5, 0.6) is 0 Å². The normalized spacial score (nSPS) is 20.2. The maximum absolute atomic E-state index is 12.3. The molecule has 2 aromatic heterocycles. The van der Waals surface area contributed by atoms with E-state index in [1.807, 2.05) is 0 Å². The molecule has 1 unspecified atom stereocenters. The van der Waals surface area contributed by atoms with Gasteiger partial charge in [0.05, 0.1) is 48.9 Å². The van der Waals surface area contributed by atoms with E-state index in [1.54, 1.807) is 23.1 Å². The lowest BCUT2D eigenvalue weighted by Crippen LogP contribution is -2.38. The quantitative estimate of drug-likeness (QED) is 0.836. The third-order valence-electron chi connectivity index (χ3n) is 4.53. The summed E-state index contributed by atoms with van der Waals surface area (Å²) < 4.78 is 6.96. The van der Waals surface area contributed by atoms with Crippen molar-refractivity contribution in [1.82, 2.24) is 19.7 Å². The number of anilines is 1.